The van der Waals surface area contributed by atoms with Gasteiger partial charge in [-0.25, -0.2) is 4.99 Å². The maximum Gasteiger partial charge on any atom is 0.191 e. The van der Waals surface area contributed by atoms with Crippen LogP contribution >= 0.6 is 0 Å². The summed E-state index contributed by atoms with van der Waals surface area (Å²) >= 11 is 0. The number of rotatable bonds is 7. The van der Waals surface area contributed by atoms with Crippen LogP contribution in [0.1, 0.15) is 50.7 Å². The van der Waals surface area contributed by atoms with E-state index in [-0.39, 0.29) is 0 Å². The predicted octanol–water partition coefficient (Wildman–Crippen LogP) is 3.15. The summed E-state index contributed by atoms with van der Waals surface area (Å²) in [6.45, 7) is 11.8. The van der Waals surface area contributed by atoms with Crippen molar-refractivity contribution in [1.82, 2.24) is 15.5 Å². The van der Waals surface area contributed by atoms with E-state index in [9.17, 15) is 0 Å². The first-order valence-corrected chi connectivity index (χ1v) is 10.6. The van der Waals surface area contributed by atoms with Crippen LogP contribution in [0.5, 0.6) is 0 Å². The first kappa shape index (κ1) is 20.2. The minimum Gasteiger partial charge on any atom is -0.379 e. The first-order valence-electron chi connectivity index (χ1n) is 10.6. The second-order valence-corrected chi connectivity index (χ2v) is 8.22. The summed E-state index contributed by atoms with van der Waals surface area (Å²) in [7, 11) is 0. The van der Waals surface area contributed by atoms with Crippen LogP contribution in [0.2, 0.25) is 0 Å². The Morgan fingerprint density at radius 3 is 2.52 bits per heavy atom. The number of hydrogen-bond donors (Lipinski definition) is 2. The standard InChI is InChI=1S/C22H36N4O/c1-3-23-21(25-18-22(2)10-6-7-11-22)24-16-19-8-4-5-9-20(19)17-26-12-14-27-15-13-26/h4-5,8-9H,3,6-7,10-18H2,1-2H3,(H2,23,24,25). The van der Waals surface area contributed by atoms with E-state index in [4.69, 9.17) is 9.73 Å². The van der Waals surface area contributed by atoms with Crippen LogP contribution in [-0.4, -0.2) is 50.3 Å². The molecule has 1 saturated heterocycles. The number of morpholine rings is 1. The number of aliphatic imine (C=N–C) groups is 1. The number of hydrogen-bond acceptors (Lipinski definition) is 3. The Morgan fingerprint density at radius 1 is 1.11 bits per heavy atom. The fourth-order valence-electron chi connectivity index (χ4n) is 4.07. The Labute approximate surface area is 164 Å². The second kappa shape index (κ2) is 10.1. The van der Waals surface area contributed by atoms with Gasteiger partial charge in [-0.15, -0.1) is 0 Å². The molecule has 0 unspecified atom stereocenters. The van der Waals surface area contributed by atoms with E-state index >= 15 is 0 Å². The topological polar surface area (TPSA) is 48.9 Å². The van der Waals surface area contributed by atoms with Crippen molar-refractivity contribution in [1.29, 1.82) is 0 Å². The van der Waals surface area contributed by atoms with Crippen LogP contribution < -0.4 is 10.6 Å². The lowest BCUT2D eigenvalue weighted by atomic mass is 9.89. The molecule has 5 nitrogen and oxygen atoms in total. The molecule has 1 aliphatic carbocycles. The van der Waals surface area contributed by atoms with E-state index in [1.165, 1.54) is 36.8 Å². The molecule has 3 rings (SSSR count). The lowest BCUT2D eigenvalue weighted by Gasteiger charge is -2.27. The third kappa shape index (κ3) is 6.22. The van der Waals surface area contributed by atoms with Gasteiger partial charge in [-0.1, -0.05) is 44.0 Å². The quantitative estimate of drug-likeness (QED) is 0.570. The van der Waals surface area contributed by atoms with Gasteiger partial charge >= 0.3 is 0 Å². The molecule has 27 heavy (non-hydrogen) atoms. The van der Waals surface area contributed by atoms with E-state index in [1.807, 2.05) is 0 Å². The van der Waals surface area contributed by atoms with Crippen LogP contribution in [0.4, 0.5) is 0 Å². The molecule has 2 aliphatic rings. The van der Waals surface area contributed by atoms with Gasteiger partial charge in [-0.3, -0.25) is 4.90 Å². The summed E-state index contributed by atoms with van der Waals surface area (Å²) in [5.41, 5.74) is 3.11. The van der Waals surface area contributed by atoms with Crippen molar-refractivity contribution in [3.63, 3.8) is 0 Å². The highest BCUT2D eigenvalue weighted by atomic mass is 16.5. The molecule has 1 saturated carbocycles. The van der Waals surface area contributed by atoms with Gasteiger partial charge in [0.05, 0.1) is 19.8 Å². The van der Waals surface area contributed by atoms with Crippen LogP contribution in [0.25, 0.3) is 0 Å². The zero-order valence-corrected chi connectivity index (χ0v) is 17.1. The molecule has 0 amide bonds. The zero-order chi connectivity index (χ0) is 19.0. The molecule has 0 spiro atoms. The second-order valence-electron chi connectivity index (χ2n) is 8.22. The van der Waals surface area contributed by atoms with E-state index in [2.05, 4.69) is 53.6 Å². The molecule has 0 radical (unpaired) electrons. The third-order valence-electron chi connectivity index (χ3n) is 5.86. The molecule has 1 aliphatic heterocycles. The van der Waals surface area contributed by atoms with Gasteiger partial charge in [0.2, 0.25) is 0 Å². The van der Waals surface area contributed by atoms with Gasteiger partial charge < -0.3 is 15.4 Å². The Kier molecular flexibility index (Phi) is 7.53. The van der Waals surface area contributed by atoms with Crippen LogP contribution in [0.3, 0.4) is 0 Å². The largest absolute Gasteiger partial charge is 0.379 e. The Bertz CT molecular complexity index is 604. The van der Waals surface area contributed by atoms with E-state index in [1.54, 1.807) is 0 Å². The number of guanidine groups is 1. The lowest BCUT2D eigenvalue weighted by Crippen LogP contribution is -2.42. The summed E-state index contributed by atoms with van der Waals surface area (Å²) in [5, 5.41) is 6.99. The van der Waals surface area contributed by atoms with E-state index in [0.717, 1.165) is 51.9 Å². The van der Waals surface area contributed by atoms with Crippen molar-refractivity contribution in [2.45, 2.75) is 52.6 Å². The van der Waals surface area contributed by atoms with E-state index in [0.29, 0.717) is 12.0 Å². The Morgan fingerprint density at radius 2 is 1.81 bits per heavy atom. The molecule has 0 bridgehead atoms. The van der Waals surface area contributed by atoms with Gasteiger partial charge in [-0.05, 0) is 36.3 Å². The molecule has 0 aromatic heterocycles. The number of nitrogens with one attached hydrogen (secondary N) is 2. The molecular weight excluding hydrogens is 336 g/mol. The molecule has 150 valence electrons. The van der Waals surface area contributed by atoms with E-state index < -0.39 is 0 Å². The van der Waals surface area contributed by atoms with Crippen molar-refractivity contribution in [2.75, 3.05) is 39.4 Å². The number of nitrogens with zero attached hydrogens (tertiary/aromatic N) is 2. The molecule has 0 atom stereocenters. The number of benzene rings is 1. The smallest absolute Gasteiger partial charge is 0.191 e. The first-order chi connectivity index (χ1) is 13.2. The minimum absolute atomic E-state index is 0.421. The maximum atomic E-state index is 5.47. The predicted molar refractivity (Wildman–Crippen MR) is 112 cm³/mol. The fourth-order valence-corrected chi connectivity index (χ4v) is 4.07. The molecule has 2 N–H and O–H groups in total. The zero-order valence-electron chi connectivity index (χ0n) is 17.1. The highest BCUT2D eigenvalue weighted by molar-refractivity contribution is 5.79. The summed E-state index contributed by atoms with van der Waals surface area (Å²) in [6, 6.07) is 8.70. The molecule has 1 aromatic rings. The van der Waals surface area contributed by atoms with Gasteiger partial charge in [0.15, 0.2) is 5.96 Å². The van der Waals surface area contributed by atoms with Gasteiger partial charge in [0, 0.05) is 32.7 Å². The molecule has 2 fully saturated rings. The van der Waals surface area contributed by atoms with Gasteiger partial charge in [0.25, 0.3) is 0 Å². The van der Waals surface area contributed by atoms with Crippen molar-refractivity contribution in [2.24, 2.45) is 10.4 Å². The van der Waals surface area contributed by atoms with Crippen LogP contribution in [-0.2, 0) is 17.8 Å². The maximum absolute atomic E-state index is 5.47. The van der Waals surface area contributed by atoms with Crippen molar-refractivity contribution in [3.05, 3.63) is 35.4 Å². The lowest BCUT2D eigenvalue weighted by molar-refractivity contribution is 0.0341. The Hall–Kier alpha value is -1.59. The normalized spacial score (nSPS) is 20.6. The van der Waals surface area contributed by atoms with Crippen LogP contribution in [0.15, 0.2) is 29.3 Å². The highest BCUT2D eigenvalue weighted by Gasteiger charge is 2.28. The molecule has 1 heterocycles. The highest BCUT2D eigenvalue weighted by Crippen LogP contribution is 2.36. The molecule has 1 aromatic carbocycles. The summed E-state index contributed by atoms with van der Waals surface area (Å²) in [4.78, 5) is 7.35. The third-order valence-corrected chi connectivity index (χ3v) is 5.86. The SMILES string of the molecule is CCNC(=NCc1ccccc1CN1CCOCC1)NCC1(C)CCCC1. The van der Waals surface area contributed by atoms with Crippen molar-refractivity contribution >= 4 is 5.96 Å². The number of ether oxygens (including phenoxy) is 1. The minimum atomic E-state index is 0.421. The summed E-state index contributed by atoms with van der Waals surface area (Å²) in [6.07, 6.45) is 5.37. The van der Waals surface area contributed by atoms with Gasteiger partial charge in [0.1, 0.15) is 0 Å². The Balaban J connectivity index is 1.61. The van der Waals surface area contributed by atoms with Crippen LogP contribution in [0, 0.1) is 5.41 Å². The average Bonchev–Trinajstić information content (AvgIpc) is 3.13. The van der Waals surface area contributed by atoms with Gasteiger partial charge in [-0.2, -0.15) is 0 Å². The van der Waals surface area contributed by atoms with Crippen molar-refractivity contribution < 1.29 is 4.74 Å². The summed E-state index contributed by atoms with van der Waals surface area (Å²) in [5.74, 6) is 0.937. The molecule has 5 heteroatoms. The summed E-state index contributed by atoms with van der Waals surface area (Å²) < 4.78 is 5.47. The monoisotopic (exact) mass is 372 g/mol. The van der Waals surface area contributed by atoms with Crippen molar-refractivity contribution in [3.8, 4) is 0 Å². The fraction of sp³-hybridized carbons (Fsp3) is 0.682. The average molecular weight is 373 g/mol. The molecular formula is C22H36N4O.